The van der Waals surface area contributed by atoms with Crippen molar-refractivity contribution in [2.75, 3.05) is 0 Å². The number of carboxylic acid groups (broad SMARTS) is 1. The van der Waals surface area contributed by atoms with Crippen LogP contribution in [0.25, 0.3) is 0 Å². The van der Waals surface area contributed by atoms with E-state index >= 15 is 0 Å². The maximum Gasteiger partial charge on any atom is 0.329 e. The standard InChI is InChI=1S/C14H26N2O3/c1-3-14(4-2,12(18)19)16-11(17)10-13(15)8-6-5-7-9-13/h3-10,15H2,1-2H3,(H,16,17)(H,18,19). The number of hydrogen-bond donors (Lipinski definition) is 3. The topological polar surface area (TPSA) is 92.4 Å². The van der Waals surface area contributed by atoms with Crippen LogP contribution in [0, 0.1) is 0 Å². The number of carbonyl (C=O) groups excluding carboxylic acids is 1. The number of aliphatic carboxylic acids is 1. The normalized spacial score (nSPS) is 18.9. The molecule has 1 saturated carbocycles. The van der Waals surface area contributed by atoms with E-state index < -0.39 is 17.0 Å². The number of hydrogen-bond acceptors (Lipinski definition) is 3. The van der Waals surface area contributed by atoms with Crippen molar-refractivity contribution in [2.45, 2.75) is 76.3 Å². The van der Waals surface area contributed by atoms with Crippen molar-refractivity contribution in [1.29, 1.82) is 0 Å². The summed E-state index contributed by atoms with van der Waals surface area (Å²) < 4.78 is 0. The molecule has 0 aromatic heterocycles. The van der Waals surface area contributed by atoms with Gasteiger partial charge in [0, 0.05) is 12.0 Å². The van der Waals surface area contributed by atoms with Gasteiger partial charge in [-0.25, -0.2) is 4.79 Å². The van der Waals surface area contributed by atoms with Crippen molar-refractivity contribution >= 4 is 11.9 Å². The highest BCUT2D eigenvalue weighted by Gasteiger charge is 2.38. The Morgan fingerprint density at radius 3 is 2.16 bits per heavy atom. The number of amides is 1. The summed E-state index contributed by atoms with van der Waals surface area (Å²) in [6, 6.07) is 0. The Morgan fingerprint density at radius 2 is 1.74 bits per heavy atom. The quantitative estimate of drug-likeness (QED) is 0.686. The third-order valence-electron chi connectivity index (χ3n) is 4.36. The van der Waals surface area contributed by atoms with E-state index in [4.69, 9.17) is 5.73 Å². The summed E-state index contributed by atoms with van der Waals surface area (Å²) in [5.74, 6) is -1.21. The molecule has 1 fully saturated rings. The fourth-order valence-electron chi connectivity index (χ4n) is 2.85. The molecule has 1 aliphatic carbocycles. The zero-order chi connectivity index (χ0) is 14.5. The first-order valence-corrected chi connectivity index (χ1v) is 7.21. The largest absolute Gasteiger partial charge is 0.480 e. The van der Waals surface area contributed by atoms with Crippen molar-refractivity contribution in [2.24, 2.45) is 5.73 Å². The van der Waals surface area contributed by atoms with Crippen molar-refractivity contribution in [1.82, 2.24) is 5.32 Å². The van der Waals surface area contributed by atoms with Gasteiger partial charge < -0.3 is 16.2 Å². The molecule has 5 heteroatoms. The summed E-state index contributed by atoms with van der Waals surface area (Å²) in [5, 5.41) is 12.0. The number of carboxylic acids is 1. The second kappa shape index (κ2) is 6.37. The molecule has 0 atom stereocenters. The molecular weight excluding hydrogens is 244 g/mol. The Kier molecular flexibility index (Phi) is 5.35. The minimum absolute atomic E-state index is 0.224. The van der Waals surface area contributed by atoms with Crippen LogP contribution >= 0.6 is 0 Å². The molecule has 4 N–H and O–H groups in total. The van der Waals surface area contributed by atoms with Gasteiger partial charge in [-0.05, 0) is 25.7 Å². The van der Waals surface area contributed by atoms with Crippen molar-refractivity contribution in [3.8, 4) is 0 Å². The lowest BCUT2D eigenvalue weighted by Gasteiger charge is -2.35. The average molecular weight is 270 g/mol. The summed E-state index contributed by atoms with van der Waals surface area (Å²) in [6.07, 6.45) is 5.94. The molecule has 0 unspecified atom stereocenters. The van der Waals surface area contributed by atoms with Gasteiger partial charge in [0.2, 0.25) is 5.91 Å². The van der Waals surface area contributed by atoms with Crippen LogP contribution in [-0.2, 0) is 9.59 Å². The summed E-state index contributed by atoms with van der Waals surface area (Å²) in [4.78, 5) is 23.4. The van der Waals surface area contributed by atoms with E-state index in [2.05, 4.69) is 5.32 Å². The Bertz CT molecular complexity index is 332. The number of carbonyl (C=O) groups is 2. The van der Waals surface area contributed by atoms with Crippen molar-refractivity contribution < 1.29 is 14.7 Å². The monoisotopic (exact) mass is 270 g/mol. The van der Waals surface area contributed by atoms with E-state index in [-0.39, 0.29) is 12.3 Å². The van der Waals surface area contributed by atoms with Crippen LogP contribution in [0.3, 0.4) is 0 Å². The van der Waals surface area contributed by atoms with Crippen LogP contribution in [0.15, 0.2) is 0 Å². The van der Waals surface area contributed by atoms with Gasteiger partial charge in [-0.2, -0.15) is 0 Å². The minimum Gasteiger partial charge on any atom is -0.480 e. The van der Waals surface area contributed by atoms with Crippen molar-refractivity contribution in [3.63, 3.8) is 0 Å². The smallest absolute Gasteiger partial charge is 0.329 e. The van der Waals surface area contributed by atoms with Crippen molar-refractivity contribution in [3.05, 3.63) is 0 Å². The molecule has 1 amide bonds. The number of nitrogens with two attached hydrogens (primary N) is 1. The van der Waals surface area contributed by atoms with Gasteiger partial charge >= 0.3 is 5.97 Å². The first kappa shape index (κ1) is 16.0. The number of nitrogens with one attached hydrogen (secondary N) is 1. The fourth-order valence-corrected chi connectivity index (χ4v) is 2.85. The van der Waals surface area contributed by atoms with Crippen LogP contribution in [-0.4, -0.2) is 28.1 Å². The Morgan fingerprint density at radius 1 is 1.21 bits per heavy atom. The van der Waals surface area contributed by atoms with Gasteiger partial charge in [0.15, 0.2) is 0 Å². The number of rotatable bonds is 6. The second-order valence-electron chi connectivity index (χ2n) is 5.74. The van der Waals surface area contributed by atoms with Crippen LogP contribution in [0.5, 0.6) is 0 Å². The lowest BCUT2D eigenvalue weighted by atomic mass is 9.79. The van der Waals surface area contributed by atoms with Gasteiger partial charge in [-0.3, -0.25) is 4.79 Å². The fraction of sp³-hybridized carbons (Fsp3) is 0.857. The summed E-state index contributed by atoms with van der Waals surface area (Å²) >= 11 is 0. The molecule has 1 rings (SSSR count). The molecule has 0 aromatic carbocycles. The Balaban J connectivity index is 2.65. The molecule has 0 spiro atoms. The summed E-state index contributed by atoms with van der Waals surface area (Å²) in [6.45, 7) is 3.55. The summed E-state index contributed by atoms with van der Waals surface area (Å²) in [5.41, 5.74) is 4.63. The first-order chi connectivity index (χ1) is 8.87. The zero-order valence-corrected chi connectivity index (χ0v) is 12.0. The van der Waals surface area contributed by atoms with E-state index in [9.17, 15) is 14.7 Å². The average Bonchev–Trinajstić information content (AvgIpc) is 2.36. The maximum absolute atomic E-state index is 12.1. The minimum atomic E-state index is -1.15. The molecule has 19 heavy (non-hydrogen) atoms. The predicted octanol–water partition coefficient (Wildman–Crippen LogP) is 1.80. The maximum atomic E-state index is 12.1. The molecular formula is C14H26N2O3. The van der Waals surface area contributed by atoms with E-state index in [0.717, 1.165) is 25.7 Å². The van der Waals surface area contributed by atoms with Crippen LogP contribution in [0.4, 0.5) is 0 Å². The van der Waals surface area contributed by atoms with E-state index in [1.807, 2.05) is 0 Å². The van der Waals surface area contributed by atoms with E-state index in [1.165, 1.54) is 6.42 Å². The predicted molar refractivity (Wildman–Crippen MR) is 73.7 cm³/mol. The van der Waals surface area contributed by atoms with Gasteiger partial charge in [0.1, 0.15) is 5.54 Å². The molecule has 110 valence electrons. The van der Waals surface area contributed by atoms with E-state index in [1.54, 1.807) is 13.8 Å². The molecule has 1 aliphatic rings. The van der Waals surface area contributed by atoms with Crippen LogP contribution in [0.2, 0.25) is 0 Å². The molecule has 0 aromatic rings. The third kappa shape index (κ3) is 3.93. The lowest BCUT2D eigenvalue weighted by Crippen LogP contribution is -2.56. The first-order valence-electron chi connectivity index (χ1n) is 7.21. The molecule has 0 bridgehead atoms. The van der Waals surface area contributed by atoms with Crippen LogP contribution < -0.4 is 11.1 Å². The Labute approximate surface area is 114 Å². The molecule has 5 nitrogen and oxygen atoms in total. The molecule has 0 heterocycles. The summed E-state index contributed by atoms with van der Waals surface area (Å²) in [7, 11) is 0. The van der Waals surface area contributed by atoms with Gasteiger partial charge in [0.25, 0.3) is 0 Å². The van der Waals surface area contributed by atoms with Gasteiger partial charge in [-0.1, -0.05) is 33.1 Å². The molecule has 0 aliphatic heterocycles. The third-order valence-corrected chi connectivity index (χ3v) is 4.36. The lowest BCUT2D eigenvalue weighted by molar-refractivity contribution is -0.148. The van der Waals surface area contributed by atoms with Gasteiger partial charge in [-0.15, -0.1) is 0 Å². The highest BCUT2D eigenvalue weighted by molar-refractivity contribution is 5.87. The molecule has 0 saturated heterocycles. The SMILES string of the molecule is CCC(CC)(NC(=O)CC1(N)CCCCC1)C(=O)O. The Hall–Kier alpha value is -1.10. The zero-order valence-electron chi connectivity index (χ0n) is 12.0. The van der Waals surface area contributed by atoms with Crippen LogP contribution in [0.1, 0.15) is 65.2 Å². The van der Waals surface area contributed by atoms with E-state index in [0.29, 0.717) is 12.8 Å². The van der Waals surface area contributed by atoms with Gasteiger partial charge in [0.05, 0.1) is 0 Å². The highest BCUT2D eigenvalue weighted by atomic mass is 16.4. The molecule has 0 radical (unpaired) electrons. The second-order valence-corrected chi connectivity index (χ2v) is 5.74. The highest BCUT2D eigenvalue weighted by Crippen LogP contribution is 2.29.